The normalized spacial score (nSPS) is 19.1. The van der Waals surface area contributed by atoms with Crippen molar-refractivity contribution in [2.45, 2.75) is 45.1 Å². The molecular weight excluding hydrogens is 220 g/mol. The number of rotatable bonds is 5. The van der Waals surface area contributed by atoms with Crippen LogP contribution in [0.25, 0.3) is 0 Å². The van der Waals surface area contributed by atoms with Crippen LogP contribution in [-0.4, -0.2) is 40.5 Å². The number of nitrogens with zero attached hydrogens (tertiary/aromatic N) is 2. The highest BCUT2D eigenvalue weighted by atomic mass is 16.7. The van der Waals surface area contributed by atoms with Gasteiger partial charge >= 0.3 is 0 Å². The van der Waals surface area contributed by atoms with Crippen LogP contribution in [-0.2, 0) is 15.9 Å². The Bertz CT molecular complexity index is 345. The summed E-state index contributed by atoms with van der Waals surface area (Å²) in [5, 5.41) is 14.3. The van der Waals surface area contributed by atoms with Crippen LogP contribution < -0.4 is 0 Å². The van der Waals surface area contributed by atoms with Crippen molar-refractivity contribution in [2.24, 2.45) is 0 Å². The van der Waals surface area contributed by atoms with Crippen molar-refractivity contribution in [1.29, 1.82) is 0 Å². The highest BCUT2D eigenvalue weighted by Gasteiger charge is 2.20. The molecule has 1 saturated heterocycles. The third-order valence-electron chi connectivity index (χ3n) is 2.79. The van der Waals surface area contributed by atoms with E-state index in [4.69, 9.17) is 9.47 Å². The molecule has 0 saturated carbocycles. The zero-order chi connectivity index (χ0) is 12.3. The second kappa shape index (κ2) is 5.62. The summed E-state index contributed by atoms with van der Waals surface area (Å²) < 4.78 is 12.5. The number of aliphatic hydroxyl groups is 1. The lowest BCUT2D eigenvalue weighted by Gasteiger charge is -2.13. The summed E-state index contributed by atoms with van der Waals surface area (Å²) in [4.78, 5) is 0. The molecule has 1 unspecified atom stereocenters. The van der Waals surface area contributed by atoms with Crippen molar-refractivity contribution in [3.8, 4) is 0 Å². The number of aliphatic hydroxyl groups excluding tert-OH is 1. The summed E-state index contributed by atoms with van der Waals surface area (Å²) in [7, 11) is 0. The van der Waals surface area contributed by atoms with Gasteiger partial charge in [0.2, 0.25) is 0 Å². The Hall–Kier alpha value is -0.910. The first-order chi connectivity index (χ1) is 8.15. The van der Waals surface area contributed by atoms with E-state index < -0.39 is 6.10 Å². The van der Waals surface area contributed by atoms with E-state index in [0.29, 0.717) is 32.1 Å². The van der Waals surface area contributed by atoms with E-state index in [1.54, 1.807) is 0 Å². The lowest BCUT2D eigenvalue weighted by atomic mass is 10.1. The fourth-order valence-corrected chi connectivity index (χ4v) is 1.86. The summed E-state index contributed by atoms with van der Waals surface area (Å²) in [6, 6.07) is 2.29. The van der Waals surface area contributed by atoms with Gasteiger partial charge in [0.1, 0.15) is 0 Å². The minimum atomic E-state index is -0.464. The topological polar surface area (TPSA) is 56.5 Å². The van der Waals surface area contributed by atoms with E-state index in [2.05, 4.69) is 18.9 Å². The highest BCUT2D eigenvalue weighted by Crippen LogP contribution is 2.13. The van der Waals surface area contributed by atoms with Gasteiger partial charge in [-0.15, -0.1) is 0 Å². The van der Waals surface area contributed by atoms with Gasteiger partial charge < -0.3 is 14.6 Å². The number of hydrogen-bond donors (Lipinski definition) is 1. The van der Waals surface area contributed by atoms with Crippen LogP contribution in [0, 0.1) is 0 Å². The molecule has 0 amide bonds. The first kappa shape index (κ1) is 12.5. The minimum absolute atomic E-state index is 0.253. The van der Waals surface area contributed by atoms with Crippen LogP contribution in [0.2, 0.25) is 0 Å². The third-order valence-corrected chi connectivity index (χ3v) is 2.79. The maximum absolute atomic E-state index is 9.90. The van der Waals surface area contributed by atoms with Gasteiger partial charge in [-0.05, 0) is 19.9 Å². The van der Waals surface area contributed by atoms with Gasteiger partial charge in [-0.25, -0.2) is 0 Å². The molecule has 1 aliphatic rings. The van der Waals surface area contributed by atoms with Crippen molar-refractivity contribution in [1.82, 2.24) is 9.78 Å². The minimum Gasteiger partial charge on any atom is -0.393 e. The summed E-state index contributed by atoms with van der Waals surface area (Å²) in [6.07, 6.45) is 2.28. The maximum atomic E-state index is 9.90. The molecule has 0 radical (unpaired) electrons. The zero-order valence-electron chi connectivity index (χ0n) is 10.4. The van der Waals surface area contributed by atoms with Gasteiger partial charge in [-0.2, -0.15) is 5.10 Å². The molecule has 1 N–H and O–H groups in total. The fourth-order valence-electron chi connectivity index (χ4n) is 1.86. The van der Waals surface area contributed by atoms with E-state index in [9.17, 15) is 5.11 Å². The second-order valence-corrected chi connectivity index (χ2v) is 4.65. The monoisotopic (exact) mass is 240 g/mol. The molecule has 1 aliphatic heterocycles. The standard InChI is InChI=1S/C12H20N2O3/c1-9(2)14-4-3-10(13-14)7-11(15)8-12-16-5-6-17-12/h3-4,9,11-12,15H,5-8H2,1-2H3. The lowest BCUT2D eigenvalue weighted by Crippen LogP contribution is -2.20. The number of ether oxygens (including phenoxy) is 2. The molecule has 96 valence electrons. The van der Waals surface area contributed by atoms with Crippen molar-refractivity contribution >= 4 is 0 Å². The molecule has 2 heterocycles. The van der Waals surface area contributed by atoms with Crippen molar-refractivity contribution in [3.63, 3.8) is 0 Å². The molecule has 0 aliphatic carbocycles. The molecule has 1 fully saturated rings. The van der Waals surface area contributed by atoms with E-state index in [1.807, 2.05) is 16.9 Å². The summed E-state index contributed by atoms with van der Waals surface area (Å²) in [6.45, 7) is 5.40. The van der Waals surface area contributed by atoms with E-state index in [-0.39, 0.29) is 6.29 Å². The second-order valence-electron chi connectivity index (χ2n) is 4.65. The average Bonchev–Trinajstić information content (AvgIpc) is 2.88. The molecule has 0 spiro atoms. The van der Waals surface area contributed by atoms with E-state index in [1.165, 1.54) is 0 Å². The summed E-state index contributed by atoms with van der Waals surface area (Å²) in [5.74, 6) is 0. The van der Waals surface area contributed by atoms with Gasteiger partial charge in [-0.3, -0.25) is 4.68 Å². The lowest BCUT2D eigenvalue weighted by molar-refractivity contribution is -0.0699. The Balaban J connectivity index is 1.82. The molecular formula is C12H20N2O3. The van der Waals surface area contributed by atoms with Crippen LogP contribution >= 0.6 is 0 Å². The Morgan fingerprint density at radius 1 is 1.47 bits per heavy atom. The van der Waals surface area contributed by atoms with Gasteiger partial charge in [0.25, 0.3) is 0 Å². The average molecular weight is 240 g/mol. The van der Waals surface area contributed by atoms with Crippen molar-refractivity contribution in [3.05, 3.63) is 18.0 Å². The largest absolute Gasteiger partial charge is 0.393 e. The van der Waals surface area contributed by atoms with Crippen molar-refractivity contribution in [2.75, 3.05) is 13.2 Å². The zero-order valence-corrected chi connectivity index (χ0v) is 10.4. The first-order valence-electron chi connectivity index (χ1n) is 6.10. The van der Waals surface area contributed by atoms with Crippen LogP contribution in [0.3, 0.4) is 0 Å². The van der Waals surface area contributed by atoms with E-state index >= 15 is 0 Å². The molecule has 0 bridgehead atoms. The van der Waals surface area contributed by atoms with Gasteiger partial charge in [-0.1, -0.05) is 0 Å². The molecule has 0 aromatic carbocycles. The predicted octanol–water partition coefficient (Wildman–Crippen LogP) is 1.13. The van der Waals surface area contributed by atoms with Gasteiger partial charge in [0, 0.05) is 25.1 Å². The quantitative estimate of drug-likeness (QED) is 0.838. The molecule has 1 aromatic rings. The summed E-state index contributed by atoms with van der Waals surface area (Å²) >= 11 is 0. The highest BCUT2D eigenvalue weighted by molar-refractivity contribution is 5.01. The summed E-state index contributed by atoms with van der Waals surface area (Å²) in [5.41, 5.74) is 0.907. The molecule has 1 aromatic heterocycles. The van der Waals surface area contributed by atoms with Crippen molar-refractivity contribution < 1.29 is 14.6 Å². The first-order valence-corrected chi connectivity index (χ1v) is 6.10. The van der Waals surface area contributed by atoms with E-state index in [0.717, 1.165) is 5.69 Å². The SMILES string of the molecule is CC(C)n1ccc(CC(O)CC2OCCO2)n1. The smallest absolute Gasteiger partial charge is 0.160 e. The Labute approximate surface area is 101 Å². The van der Waals surface area contributed by atoms with Gasteiger partial charge in [0.05, 0.1) is 25.0 Å². The van der Waals surface area contributed by atoms with Gasteiger partial charge in [0.15, 0.2) is 6.29 Å². The predicted molar refractivity (Wildman–Crippen MR) is 62.6 cm³/mol. The Morgan fingerprint density at radius 2 is 2.18 bits per heavy atom. The number of hydrogen-bond acceptors (Lipinski definition) is 4. The molecule has 1 atom stereocenters. The maximum Gasteiger partial charge on any atom is 0.160 e. The third kappa shape index (κ3) is 3.52. The Kier molecular flexibility index (Phi) is 4.15. The molecule has 5 nitrogen and oxygen atoms in total. The van der Waals surface area contributed by atoms with Crippen LogP contribution in [0.1, 0.15) is 32.0 Å². The Morgan fingerprint density at radius 3 is 2.76 bits per heavy atom. The van der Waals surface area contributed by atoms with Crippen LogP contribution in [0.15, 0.2) is 12.3 Å². The fraction of sp³-hybridized carbons (Fsp3) is 0.750. The molecule has 2 rings (SSSR count). The van der Waals surface area contributed by atoms with Crippen LogP contribution in [0.5, 0.6) is 0 Å². The number of aromatic nitrogens is 2. The molecule has 5 heteroatoms. The molecule has 17 heavy (non-hydrogen) atoms. The van der Waals surface area contributed by atoms with Crippen LogP contribution in [0.4, 0.5) is 0 Å².